The van der Waals surface area contributed by atoms with Gasteiger partial charge in [0.2, 0.25) is 0 Å². The summed E-state index contributed by atoms with van der Waals surface area (Å²) in [5.41, 5.74) is 1.67. The molecule has 0 aliphatic heterocycles. The Kier molecular flexibility index (Phi) is 4.22. The number of carbonyl (C=O) groups is 1. The molecule has 1 aromatic heterocycles. The maximum Gasteiger partial charge on any atom is 0.325 e. The summed E-state index contributed by atoms with van der Waals surface area (Å²) >= 11 is 3.04. The van der Waals surface area contributed by atoms with E-state index < -0.39 is 0 Å². The van der Waals surface area contributed by atoms with Gasteiger partial charge >= 0.3 is 6.03 Å². The number of nitrogens with zero attached hydrogens (tertiary/aromatic N) is 1. The quantitative estimate of drug-likeness (QED) is 0.840. The molecule has 0 bridgehead atoms. The predicted molar refractivity (Wildman–Crippen MR) is 77.7 cm³/mol. The number of aryl methyl sites for hydroxylation is 1. The number of hydrogen-bond acceptors (Lipinski definition) is 4. The largest absolute Gasteiger partial charge is 0.325 e. The minimum absolute atomic E-state index is 0.275. The third-order valence-corrected chi connectivity index (χ3v) is 3.77. The summed E-state index contributed by atoms with van der Waals surface area (Å²) in [5.74, 6) is 0. The molecule has 0 radical (unpaired) electrons. The Labute approximate surface area is 114 Å². The van der Waals surface area contributed by atoms with E-state index in [4.69, 9.17) is 0 Å². The number of amides is 2. The van der Waals surface area contributed by atoms with Gasteiger partial charge in [0.25, 0.3) is 0 Å². The molecule has 18 heavy (non-hydrogen) atoms. The van der Waals surface area contributed by atoms with Gasteiger partial charge < -0.3 is 5.32 Å². The van der Waals surface area contributed by atoms with Crippen molar-refractivity contribution < 1.29 is 4.79 Å². The van der Waals surface area contributed by atoms with E-state index in [1.165, 1.54) is 11.3 Å². The fourth-order valence-electron chi connectivity index (χ4n) is 1.37. The summed E-state index contributed by atoms with van der Waals surface area (Å²) in [7, 11) is 0. The summed E-state index contributed by atoms with van der Waals surface area (Å²) in [5, 5.41) is 7.97. The zero-order chi connectivity index (χ0) is 13.0. The second kappa shape index (κ2) is 5.88. The van der Waals surface area contributed by atoms with Crippen LogP contribution in [0.25, 0.3) is 0 Å². The van der Waals surface area contributed by atoms with Crippen LogP contribution in [0.3, 0.4) is 0 Å². The number of rotatable bonds is 3. The molecule has 94 valence electrons. The zero-order valence-electron chi connectivity index (χ0n) is 10.1. The van der Waals surface area contributed by atoms with Crippen molar-refractivity contribution >= 4 is 39.9 Å². The highest BCUT2D eigenvalue weighted by Gasteiger charge is 2.05. The van der Waals surface area contributed by atoms with Gasteiger partial charge in [0.05, 0.1) is 5.69 Å². The van der Waals surface area contributed by atoms with Gasteiger partial charge in [0.15, 0.2) is 5.13 Å². The number of benzene rings is 1. The van der Waals surface area contributed by atoms with Gasteiger partial charge in [-0.3, -0.25) is 5.32 Å². The number of hydrogen-bond donors (Lipinski definition) is 2. The molecule has 1 aromatic carbocycles. The summed E-state index contributed by atoms with van der Waals surface area (Å²) in [6.07, 6.45) is 2.00. The van der Waals surface area contributed by atoms with Crippen LogP contribution in [-0.2, 0) is 0 Å². The minimum atomic E-state index is -0.275. The van der Waals surface area contributed by atoms with Crippen LogP contribution in [0.15, 0.2) is 34.5 Å². The van der Waals surface area contributed by atoms with Crippen LogP contribution < -0.4 is 10.6 Å². The van der Waals surface area contributed by atoms with Gasteiger partial charge in [-0.25, -0.2) is 9.78 Å². The maximum atomic E-state index is 11.7. The normalized spacial score (nSPS) is 10.1. The average molecular weight is 279 g/mol. The van der Waals surface area contributed by atoms with E-state index in [2.05, 4.69) is 15.6 Å². The summed E-state index contributed by atoms with van der Waals surface area (Å²) in [4.78, 5) is 17.0. The average Bonchev–Trinajstić information content (AvgIpc) is 2.74. The first-order valence-electron chi connectivity index (χ1n) is 5.31. The van der Waals surface area contributed by atoms with Crippen molar-refractivity contribution in [2.45, 2.75) is 11.8 Å². The van der Waals surface area contributed by atoms with E-state index in [1.54, 1.807) is 11.8 Å². The lowest BCUT2D eigenvalue weighted by atomic mass is 10.3. The first-order chi connectivity index (χ1) is 8.67. The minimum Gasteiger partial charge on any atom is -0.308 e. The van der Waals surface area contributed by atoms with Gasteiger partial charge in [-0.2, -0.15) is 0 Å². The lowest BCUT2D eigenvalue weighted by Crippen LogP contribution is -2.19. The molecule has 4 nitrogen and oxygen atoms in total. The molecule has 1 heterocycles. The molecule has 6 heteroatoms. The first-order valence-corrected chi connectivity index (χ1v) is 7.42. The molecule has 2 aromatic rings. The fraction of sp³-hybridized carbons (Fsp3) is 0.167. The van der Waals surface area contributed by atoms with Crippen LogP contribution in [0.2, 0.25) is 0 Å². The maximum absolute atomic E-state index is 11.7. The number of urea groups is 1. The molecule has 2 amide bonds. The molecule has 0 aliphatic rings. The highest BCUT2D eigenvalue weighted by molar-refractivity contribution is 7.98. The Morgan fingerprint density at radius 1 is 1.39 bits per heavy atom. The van der Waals surface area contributed by atoms with Crippen LogP contribution in [-0.4, -0.2) is 17.3 Å². The van der Waals surface area contributed by atoms with Crippen molar-refractivity contribution in [3.05, 3.63) is 35.3 Å². The molecular weight excluding hydrogens is 266 g/mol. The van der Waals surface area contributed by atoms with E-state index in [0.717, 1.165) is 16.3 Å². The predicted octanol–water partition coefficient (Wildman–Crippen LogP) is 3.82. The van der Waals surface area contributed by atoms with Gasteiger partial charge in [-0.05, 0) is 31.4 Å². The second-order valence-corrected chi connectivity index (χ2v) is 5.34. The zero-order valence-corrected chi connectivity index (χ0v) is 11.7. The smallest absolute Gasteiger partial charge is 0.308 e. The van der Waals surface area contributed by atoms with E-state index in [0.29, 0.717) is 5.13 Å². The molecule has 0 saturated carbocycles. The summed E-state index contributed by atoms with van der Waals surface area (Å²) in [6, 6.07) is 7.42. The van der Waals surface area contributed by atoms with Crippen molar-refractivity contribution in [1.82, 2.24) is 4.98 Å². The van der Waals surface area contributed by atoms with Gasteiger partial charge in [-0.1, -0.05) is 6.07 Å². The molecule has 0 aliphatic carbocycles. The van der Waals surface area contributed by atoms with Gasteiger partial charge in [0, 0.05) is 16.0 Å². The lowest BCUT2D eigenvalue weighted by molar-refractivity contribution is 0.262. The lowest BCUT2D eigenvalue weighted by Gasteiger charge is -2.06. The number of anilines is 2. The summed E-state index contributed by atoms with van der Waals surface area (Å²) in [6.45, 7) is 1.89. The molecule has 0 spiro atoms. The first kappa shape index (κ1) is 12.9. The summed E-state index contributed by atoms with van der Waals surface area (Å²) < 4.78 is 0. The topological polar surface area (TPSA) is 54.0 Å². The van der Waals surface area contributed by atoms with Crippen LogP contribution in [0.4, 0.5) is 15.6 Å². The third kappa shape index (κ3) is 3.48. The molecule has 0 unspecified atom stereocenters. The van der Waals surface area contributed by atoms with Crippen molar-refractivity contribution in [2.24, 2.45) is 0 Å². The van der Waals surface area contributed by atoms with E-state index in [1.807, 2.05) is 42.8 Å². The Bertz CT molecular complexity index is 554. The van der Waals surface area contributed by atoms with E-state index >= 15 is 0 Å². The molecule has 0 atom stereocenters. The molecule has 0 saturated heterocycles. The number of carbonyl (C=O) groups excluding carboxylic acids is 1. The Morgan fingerprint density at radius 2 is 2.22 bits per heavy atom. The fourth-order valence-corrected chi connectivity index (χ4v) is 2.51. The van der Waals surface area contributed by atoms with Gasteiger partial charge in [-0.15, -0.1) is 23.1 Å². The Balaban J connectivity index is 1.98. The Morgan fingerprint density at radius 3 is 2.89 bits per heavy atom. The SMILES string of the molecule is CSc1cccc(NC(=O)Nc2nc(C)cs2)c1. The standard InChI is InChI=1S/C12H13N3OS2/c1-8-7-18-12(13-8)15-11(16)14-9-4-3-5-10(6-9)17-2/h3-7H,1-2H3,(H2,13,14,15,16). The van der Waals surface area contributed by atoms with Crippen LogP contribution in [0.5, 0.6) is 0 Å². The monoisotopic (exact) mass is 279 g/mol. The second-order valence-electron chi connectivity index (χ2n) is 3.61. The van der Waals surface area contributed by atoms with Crippen molar-refractivity contribution in [3.63, 3.8) is 0 Å². The highest BCUT2D eigenvalue weighted by Crippen LogP contribution is 2.19. The molecule has 0 fully saturated rings. The molecular formula is C12H13N3OS2. The third-order valence-electron chi connectivity index (χ3n) is 2.17. The van der Waals surface area contributed by atoms with Crippen molar-refractivity contribution in [2.75, 3.05) is 16.9 Å². The van der Waals surface area contributed by atoms with Crippen molar-refractivity contribution in [1.29, 1.82) is 0 Å². The van der Waals surface area contributed by atoms with Gasteiger partial charge in [0.1, 0.15) is 0 Å². The van der Waals surface area contributed by atoms with E-state index in [9.17, 15) is 4.79 Å². The van der Waals surface area contributed by atoms with Crippen LogP contribution in [0.1, 0.15) is 5.69 Å². The van der Waals surface area contributed by atoms with Crippen molar-refractivity contribution in [3.8, 4) is 0 Å². The number of thioether (sulfide) groups is 1. The highest BCUT2D eigenvalue weighted by atomic mass is 32.2. The van der Waals surface area contributed by atoms with E-state index in [-0.39, 0.29) is 6.03 Å². The van der Waals surface area contributed by atoms with Crippen LogP contribution >= 0.6 is 23.1 Å². The number of nitrogens with one attached hydrogen (secondary N) is 2. The Hall–Kier alpha value is -1.53. The number of thiazole rings is 1. The molecule has 2 N–H and O–H groups in total. The van der Waals surface area contributed by atoms with Crippen LogP contribution in [0, 0.1) is 6.92 Å². The number of aromatic nitrogens is 1. The molecule has 2 rings (SSSR count).